The molecule has 1 aromatic heterocycles. The van der Waals surface area contributed by atoms with Gasteiger partial charge < -0.3 is 15.5 Å². The number of piperazine rings is 1. The first-order valence-corrected chi connectivity index (χ1v) is 7.40. The molecule has 1 aliphatic rings. The lowest BCUT2D eigenvalue weighted by molar-refractivity contribution is -0.127. The van der Waals surface area contributed by atoms with E-state index in [0.29, 0.717) is 29.5 Å². The number of rotatable bonds is 4. The molecule has 114 valence electrons. The molecule has 2 amide bonds. The fourth-order valence-electron chi connectivity index (χ4n) is 2.17. The van der Waals surface area contributed by atoms with Gasteiger partial charge >= 0.3 is 0 Å². The average Bonchev–Trinajstić information content (AvgIpc) is 2.48. The Morgan fingerprint density at radius 1 is 1.62 bits per heavy atom. The number of hydrogen-bond acceptors (Lipinski definition) is 4. The zero-order chi connectivity index (χ0) is 15.4. The first-order chi connectivity index (χ1) is 10.0. The Labute approximate surface area is 128 Å². The maximum absolute atomic E-state index is 12.6. The van der Waals surface area contributed by atoms with Crippen LogP contribution < -0.4 is 10.6 Å². The molecule has 1 aliphatic heterocycles. The van der Waals surface area contributed by atoms with Crippen molar-refractivity contribution in [2.24, 2.45) is 0 Å². The van der Waals surface area contributed by atoms with Crippen molar-refractivity contribution in [2.75, 3.05) is 25.0 Å². The lowest BCUT2D eigenvalue weighted by atomic mass is 10.1. The van der Waals surface area contributed by atoms with E-state index in [1.807, 2.05) is 6.92 Å². The van der Waals surface area contributed by atoms with Gasteiger partial charge in [0.25, 0.3) is 5.91 Å². The molecule has 1 aromatic rings. The highest BCUT2D eigenvalue weighted by Crippen LogP contribution is 2.21. The molecule has 1 fully saturated rings. The van der Waals surface area contributed by atoms with Gasteiger partial charge in [-0.2, -0.15) is 0 Å². The SMILES string of the molecule is CCCNc1cc(C(=O)N2CCNC(=O)C2C)c(Cl)cn1. The second kappa shape index (κ2) is 6.76. The predicted octanol–water partition coefficient (Wildman–Crippen LogP) is 1.52. The molecule has 0 spiro atoms. The summed E-state index contributed by atoms with van der Waals surface area (Å²) in [6, 6.07) is 1.14. The summed E-state index contributed by atoms with van der Waals surface area (Å²) in [7, 11) is 0. The number of anilines is 1. The van der Waals surface area contributed by atoms with Gasteiger partial charge in [0.1, 0.15) is 11.9 Å². The Hall–Kier alpha value is -1.82. The smallest absolute Gasteiger partial charge is 0.256 e. The van der Waals surface area contributed by atoms with E-state index in [2.05, 4.69) is 15.6 Å². The Bertz CT molecular complexity index is 550. The third kappa shape index (κ3) is 3.44. The summed E-state index contributed by atoms with van der Waals surface area (Å²) in [5.41, 5.74) is 0.367. The lowest BCUT2D eigenvalue weighted by Gasteiger charge is -2.33. The van der Waals surface area contributed by atoms with Gasteiger partial charge in [-0.3, -0.25) is 9.59 Å². The molecule has 0 saturated carbocycles. The standard InChI is InChI=1S/C14H19ClN4O2/c1-3-4-16-12-7-10(11(15)8-18-12)14(21)19-6-5-17-13(20)9(19)2/h7-9H,3-6H2,1-2H3,(H,16,18)(H,17,20). The van der Waals surface area contributed by atoms with E-state index in [9.17, 15) is 9.59 Å². The van der Waals surface area contributed by atoms with Crippen molar-refractivity contribution < 1.29 is 9.59 Å². The molecular weight excluding hydrogens is 292 g/mol. The Morgan fingerprint density at radius 2 is 2.38 bits per heavy atom. The highest BCUT2D eigenvalue weighted by atomic mass is 35.5. The second-order valence-corrected chi connectivity index (χ2v) is 5.35. The quantitative estimate of drug-likeness (QED) is 0.884. The van der Waals surface area contributed by atoms with Crippen LogP contribution in [0.15, 0.2) is 12.3 Å². The van der Waals surface area contributed by atoms with Crippen molar-refractivity contribution in [2.45, 2.75) is 26.3 Å². The molecule has 7 heteroatoms. The monoisotopic (exact) mass is 310 g/mol. The molecule has 2 N–H and O–H groups in total. The first kappa shape index (κ1) is 15.6. The number of hydrogen-bond donors (Lipinski definition) is 2. The fraction of sp³-hybridized carbons (Fsp3) is 0.500. The van der Waals surface area contributed by atoms with Crippen LogP contribution in [0.3, 0.4) is 0 Å². The number of amides is 2. The first-order valence-electron chi connectivity index (χ1n) is 7.02. The van der Waals surface area contributed by atoms with Crippen LogP contribution in [0.25, 0.3) is 0 Å². The van der Waals surface area contributed by atoms with Crippen molar-refractivity contribution in [3.63, 3.8) is 0 Å². The van der Waals surface area contributed by atoms with E-state index in [4.69, 9.17) is 11.6 Å². The van der Waals surface area contributed by atoms with Crippen molar-refractivity contribution in [1.82, 2.24) is 15.2 Å². The second-order valence-electron chi connectivity index (χ2n) is 4.94. The average molecular weight is 311 g/mol. The summed E-state index contributed by atoms with van der Waals surface area (Å²) >= 11 is 6.09. The third-order valence-electron chi connectivity index (χ3n) is 3.40. The molecular formula is C14H19ClN4O2. The topological polar surface area (TPSA) is 74.3 Å². The van der Waals surface area contributed by atoms with Crippen molar-refractivity contribution in [1.29, 1.82) is 0 Å². The molecule has 1 saturated heterocycles. The van der Waals surface area contributed by atoms with Crippen molar-refractivity contribution in [3.05, 3.63) is 22.8 Å². The molecule has 1 unspecified atom stereocenters. The van der Waals surface area contributed by atoms with Gasteiger partial charge in [-0.15, -0.1) is 0 Å². The number of carbonyl (C=O) groups excluding carboxylic acids is 2. The molecule has 21 heavy (non-hydrogen) atoms. The fourth-order valence-corrected chi connectivity index (χ4v) is 2.35. The summed E-state index contributed by atoms with van der Waals surface area (Å²) in [6.07, 6.45) is 2.42. The number of pyridine rings is 1. The Kier molecular flexibility index (Phi) is 5.01. The van der Waals surface area contributed by atoms with Crippen LogP contribution in [0.5, 0.6) is 0 Å². The number of aromatic nitrogens is 1. The van der Waals surface area contributed by atoms with Crippen LogP contribution in [0.4, 0.5) is 5.82 Å². The van der Waals surface area contributed by atoms with E-state index in [1.54, 1.807) is 13.0 Å². The summed E-state index contributed by atoms with van der Waals surface area (Å²) < 4.78 is 0. The van der Waals surface area contributed by atoms with Gasteiger partial charge in [0, 0.05) is 25.8 Å². The molecule has 0 bridgehead atoms. The molecule has 2 rings (SSSR count). The molecule has 0 aromatic carbocycles. The van der Waals surface area contributed by atoms with Crippen LogP contribution in [-0.4, -0.2) is 47.4 Å². The molecule has 2 heterocycles. The van der Waals surface area contributed by atoms with E-state index < -0.39 is 6.04 Å². The van der Waals surface area contributed by atoms with E-state index in [1.165, 1.54) is 11.1 Å². The van der Waals surface area contributed by atoms with Crippen LogP contribution in [0, 0.1) is 0 Å². The van der Waals surface area contributed by atoms with Crippen LogP contribution in [0.1, 0.15) is 30.6 Å². The van der Waals surface area contributed by atoms with Crippen molar-refractivity contribution >= 4 is 29.2 Å². The number of halogens is 1. The summed E-state index contributed by atoms with van der Waals surface area (Å²) in [6.45, 7) is 5.45. The molecule has 1 atom stereocenters. The van der Waals surface area contributed by atoms with E-state index in [-0.39, 0.29) is 11.8 Å². The van der Waals surface area contributed by atoms with Crippen molar-refractivity contribution in [3.8, 4) is 0 Å². The van der Waals surface area contributed by atoms with E-state index >= 15 is 0 Å². The zero-order valence-corrected chi connectivity index (χ0v) is 12.9. The maximum Gasteiger partial charge on any atom is 0.256 e. The molecule has 0 radical (unpaired) electrons. The van der Waals surface area contributed by atoms with Crippen LogP contribution in [-0.2, 0) is 4.79 Å². The summed E-state index contributed by atoms with van der Waals surface area (Å²) in [5, 5.41) is 6.14. The van der Waals surface area contributed by atoms with Gasteiger partial charge in [-0.25, -0.2) is 4.98 Å². The largest absolute Gasteiger partial charge is 0.370 e. The van der Waals surface area contributed by atoms with Gasteiger partial charge in [0.05, 0.1) is 10.6 Å². The Balaban J connectivity index is 2.23. The number of nitrogens with one attached hydrogen (secondary N) is 2. The van der Waals surface area contributed by atoms with E-state index in [0.717, 1.165) is 13.0 Å². The predicted molar refractivity (Wildman–Crippen MR) is 81.5 cm³/mol. The minimum absolute atomic E-state index is 0.149. The molecule has 0 aliphatic carbocycles. The van der Waals surface area contributed by atoms with Gasteiger partial charge in [-0.05, 0) is 19.4 Å². The summed E-state index contributed by atoms with van der Waals surface area (Å²) in [5.74, 6) is 0.215. The third-order valence-corrected chi connectivity index (χ3v) is 3.70. The van der Waals surface area contributed by atoms with Crippen LogP contribution in [0.2, 0.25) is 5.02 Å². The van der Waals surface area contributed by atoms with Gasteiger partial charge in [0.15, 0.2) is 0 Å². The minimum atomic E-state index is -0.498. The minimum Gasteiger partial charge on any atom is -0.370 e. The number of nitrogens with zero attached hydrogens (tertiary/aromatic N) is 2. The van der Waals surface area contributed by atoms with Gasteiger partial charge in [-0.1, -0.05) is 18.5 Å². The summed E-state index contributed by atoms with van der Waals surface area (Å²) in [4.78, 5) is 30.0. The maximum atomic E-state index is 12.6. The highest BCUT2D eigenvalue weighted by Gasteiger charge is 2.31. The van der Waals surface area contributed by atoms with Crippen LogP contribution >= 0.6 is 11.6 Å². The lowest BCUT2D eigenvalue weighted by Crippen LogP contribution is -2.55. The highest BCUT2D eigenvalue weighted by molar-refractivity contribution is 6.33. The normalized spacial score (nSPS) is 18.3. The zero-order valence-electron chi connectivity index (χ0n) is 12.1. The Morgan fingerprint density at radius 3 is 3.10 bits per heavy atom. The number of carbonyl (C=O) groups is 2. The van der Waals surface area contributed by atoms with Gasteiger partial charge in [0.2, 0.25) is 5.91 Å². The molecule has 6 nitrogen and oxygen atoms in total.